The minimum Gasteiger partial charge on any atom is -0.394 e. The van der Waals surface area contributed by atoms with Gasteiger partial charge in [-0.1, -0.05) is 13.8 Å². The fourth-order valence-corrected chi connectivity index (χ4v) is 2.30. The van der Waals surface area contributed by atoms with Crippen LogP contribution in [0.5, 0.6) is 0 Å². The molecule has 5 atom stereocenters. The topological polar surface area (TPSA) is 160 Å². The zero-order valence-electron chi connectivity index (χ0n) is 13.4. The molecule has 1 aromatic heterocycles. The molecule has 2 rings (SSSR count). The number of nitrogens with one attached hydrogen (secondary N) is 1. The number of aromatic nitrogens is 2. The average Bonchev–Trinajstić information content (AvgIpc) is 2.82. The molecule has 1 aromatic rings. The lowest BCUT2D eigenvalue weighted by molar-refractivity contribution is -0.118. The van der Waals surface area contributed by atoms with Crippen LogP contribution in [0, 0.1) is 5.92 Å². The normalized spacial score (nSPS) is 28.1. The number of nitrogens with zero attached hydrogens (tertiary/aromatic N) is 2. The first kappa shape index (κ1) is 18.5. The van der Waals surface area contributed by atoms with E-state index in [1.54, 1.807) is 13.8 Å². The van der Waals surface area contributed by atoms with E-state index >= 15 is 0 Å². The van der Waals surface area contributed by atoms with Crippen molar-refractivity contribution in [3.63, 3.8) is 0 Å². The van der Waals surface area contributed by atoms with Gasteiger partial charge in [0.25, 0.3) is 0 Å². The molecular formula is C14H22N4O6. The maximum Gasteiger partial charge on any atom is 0.351 e. The Morgan fingerprint density at radius 2 is 2.12 bits per heavy atom. The summed E-state index contributed by atoms with van der Waals surface area (Å²) in [5.41, 5.74) is 4.92. The van der Waals surface area contributed by atoms with Crippen molar-refractivity contribution in [2.45, 2.75) is 44.4 Å². The first-order valence-corrected chi connectivity index (χ1v) is 7.54. The molecule has 0 radical (unpaired) electrons. The molecule has 0 bridgehead atoms. The minimum absolute atomic E-state index is 0.0177. The molecule has 6 N–H and O–H groups in total. The van der Waals surface area contributed by atoms with Gasteiger partial charge in [-0.25, -0.2) is 4.79 Å². The number of anilines is 1. The highest BCUT2D eigenvalue weighted by molar-refractivity contribution is 5.93. The number of amides is 1. The van der Waals surface area contributed by atoms with E-state index in [-0.39, 0.29) is 11.7 Å². The molecule has 1 amide bonds. The van der Waals surface area contributed by atoms with Crippen molar-refractivity contribution < 1.29 is 24.9 Å². The van der Waals surface area contributed by atoms with Gasteiger partial charge in [-0.05, 0) is 12.0 Å². The molecule has 0 saturated carbocycles. The first-order chi connectivity index (χ1) is 11.3. The van der Waals surface area contributed by atoms with Gasteiger partial charge in [0.2, 0.25) is 5.91 Å². The van der Waals surface area contributed by atoms with E-state index in [4.69, 9.17) is 15.6 Å². The Kier molecular flexibility index (Phi) is 5.67. The second kappa shape index (κ2) is 7.36. The lowest BCUT2D eigenvalue weighted by Gasteiger charge is -2.18. The van der Waals surface area contributed by atoms with Crippen molar-refractivity contribution in [3.8, 4) is 0 Å². The highest BCUT2D eigenvalue weighted by atomic mass is 16.6. The van der Waals surface area contributed by atoms with Crippen LogP contribution in [0.4, 0.5) is 5.82 Å². The predicted molar refractivity (Wildman–Crippen MR) is 82.9 cm³/mol. The Morgan fingerprint density at radius 3 is 2.62 bits per heavy atom. The molecule has 10 heteroatoms. The molecule has 0 aromatic carbocycles. The molecule has 24 heavy (non-hydrogen) atoms. The SMILES string of the molecule is CC(C)C(N)C(=O)Nc1ccn([C@@H]2O[C@H](CO)C(O)C2O)c(=O)n1. The highest BCUT2D eigenvalue weighted by Gasteiger charge is 2.43. The third kappa shape index (κ3) is 3.62. The van der Waals surface area contributed by atoms with E-state index in [0.29, 0.717) is 0 Å². The van der Waals surface area contributed by atoms with Crippen molar-refractivity contribution in [2.75, 3.05) is 11.9 Å². The summed E-state index contributed by atoms with van der Waals surface area (Å²) in [6.45, 7) is 3.08. The summed E-state index contributed by atoms with van der Waals surface area (Å²) in [4.78, 5) is 27.7. The molecule has 10 nitrogen and oxygen atoms in total. The van der Waals surface area contributed by atoms with Crippen LogP contribution in [0.2, 0.25) is 0 Å². The average molecular weight is 342 g/mol. The van der Waals surface area contributed by atoms with Gasteiger partial charge >= 0.3 is 5.69 Å². The molecule has 1 saturated heterocycles. The van der Waals surface area contributed by atoms with Gasteiger partial charge in [0.15, 0.2) is 6.23 Å². The van der Waals surface area contributed by atoms with Gasteiger partial charge in [-0.2, -0.15) is 4.98 Å². The zero-order valence-corrected chi connectivity index (χ0v) is 13.4. The second-order valence-corrected chi connectivity index (χ2v) is 5.99. The minimum atomic E-state index is -1.39. The van der Waals surface area contributed by atoms with Crippen molar-refractivity contribution in [1.82, 2.24) is 9.55 Å². The highest BCUT2D eigenvalue weighted by Crippen LogP contribution is 2.28. The molecule has 1 aliphatic heterocycles. The molecule has 2 heterocycles. The number of carbonyl (C=O) groups is 1. The summed E-state index contributed by atoms with van der Waals surface area (Å²) >= 11 is 0. The van der Waals surface area contributed by atoms with Crippen LogP contribution in [-0.4, -0.2) is 61.7 Å². The van der Waals surface area contributed by atoms with Gasteiger partial charge in [0.05, 0.1) is 12.6 Å². The van der Waals surface area contributed by atoms with E-state index in [9.17, 15) is 19.8 Å². The van der Waals surface area contributed by atoms with Gasteiger partial charge in [0.1, 0.15) is 24.1 Å². The van der Waals surface area contributed by atoms with Gasteiger partial charge in [-0.3, -0.25) is 9.36 Å². The van der Waals surface area contributed by atoms with Crippen LogP contribution in [-0.2, 0) is 9.53 Å². The third-order valence-corrected chi connectivity index (χ3v) is 3.89. The third-order valence-electron chi connectivity index (χ3n) is 3.89. The monoisotopic (exact) mass is 342 g/mol. The van der Waals surface area contributed by atoms with Crippen LogP contribution in [0.25, 0.3) is 0 Å². The van der Waals surface area contributed by atoms with Crippen molar-refractivity contribution >= 4 is 11.7 Å². The maximum atomic E-state index is 12.1. The molecule has 3 unspecified atom stereocenters. The van der Waals surface area contributed by atoms with Crippen molar-refractivity contribution in [2.24, 2.45) is 11.7 Å². The molecule has 0 spiro atoms. The summed E-state index contributed by atoms with van der Waals surface area (Å²) < 4.78 is 6.23. The summed E-state index contributed by atoms with van der Waals surface area (Å²) in [7, 11) is 0. The predicted octanol–water partition coefficient (Wildman–Crippen LogP) is -2.22. The molecule has 134 valence electrons. The number of nitrogens with two attached hydrogens (primary N) is 1. The first-order valence-electron chi connectivity index (χ1n) is 7.54. The second-order valence-electron chi connectivity index (χ2n) is 5.99. The number of rotatable bonds is 5. The molecule has 0 aliphatic carbocycles. The maximum absolute atomic E-state index is 12.1. The fourth-order valence-electron chi connectivity index (χ4n) is 2.30. The standard InChI is InChI=1S/C14H22N4O6/c1-6(2)9(15)12(22)16-8-3-4-18(14(23)17-8)13-11(21)10(20)7(5-19)24-13/h3-4,6-7,9-11,13,19-21H,5,15H2,1-2H3,(H,16,17,22,23)/t7-,9?,10?,11?,13-/m1/s1. The molecular weight excluding hydrogens is 320 g/mol. The van der Waals surface area contributed by atoms with Crippen molar-refractivity contribution in [1.29, 1.82) is 0 Å². The van der Waals surface area contributed by atoms with Crippen LogP contribution < -0.4 is 16.7 Å². The van der Waals surface area contributed by atoms with E-state index < -0.39 is 48.8 Å². The number of hydrogen-bond donors (Lipinski definition) is 5. The summed E-state index contributed by atoms with van der Waals surface area (Å²) in [6.07, 6.45) is -3.63. The van der Waals surface area contributed by atoms with Gasteiger partial charge in [0, 0.05) is 6.20 Å². The summed E-state index contributed by atoms with van der Waals surface area (Å²) in [5.74, 6) is -0.532. The Hall–Kier alpha value is -1.85. The van der Waals surface area contributed by atoms with Crippen molar-refractivity contribution in [3.05, 3.63) is 22.7 Å². The summed E-state index contributed by atoms with van der Waals surface area (Å²) in [6, 6.07) is 0.607. The number of hydrogen-bond acceptors (Lipinski definition) is 8. The van der Waals surface area contributed by atoms with E-state index in [1.165, 1.54) is 12.3 Å². The van der Waals surface area contributed by atoms with Crippen LogP contribution >= 0.6 is 0 Å². The lowest BCUT2D eigenvalue weighted by atomic mass is 10.1. The van der Waals surface area contributed by atoms with Gasteiger partial charge < -0.3 is 31.1 Å². The smallest absolute Gasteiger partial charge is 0.351 e. The van der Waals surface area contributed by atoms with E-state index in [2.05, 4.69) is 10.3 Å². The van der Waals surface area contributed by atoms with Crippen LogP contribution in [0.15, 0.2) is 17.1 Å². The van der Waals surface area contributed by atoms with E-state index in [0.717, 1.165) is 4.57 Å². The lowest BCUT2D eigenvalue weighted by Crippen LogP contribution is -2.40. The number of aliphatic hydroxyl groups excluding tert-OH is 3. The molecule has 1 fully saturated rings. The number of aliphatic hydroxyl groups is 3. The summed E-state index contributed by atoms with van der Waals surface area (Å²) in [5, 5.41) is 31.2. The Labute approximate surface area is 137 Å². The largest absolute Gasteiger partial charge is 0.394 e. The Bertz CT molecular complexity index is 648. The Morgan fingerprint density at radius 1 is 1.46 bits per heavy atom. The quantitative estimate of drug-likeness (QED) is 0.402. The Balaban J connectivity index is 2.16. The molecule has 1 aliphatic rings. The van der Waals surface area contributed by atoms with E-state index in [1.807, 2.05) is 0 Å². The zero-order chi connectivity index (χ0) is 18.0. The van der Waals surface area contributed by atoms with Gasteiger partial charge in [-0.15, -0.1) is 0 Å². The van der Waals surface area contributed by atoms with Crippen LogP contribution in [0.1, 0.15) is 20.1 Å². The van der Waals surface area contributed by atoms with Crippen LogP contribution in [0.3, 0.4) is 0 Å². The number of ether oxygens (including phenoxy) is 1. The number of carbonyl (C=O) groups excluding carboxylic acids is 1. The fraction of sp³-hybridized carbons (Fsp3) is 0.643.